The highest BCUT2D eigenvalue weighted by Crippen LogP contribution is 2.35. The lowest BCUT2D eigenvalue weighted by molar-refractivity contribution is -0.120. The highest BCUT2D eigenvalue weighted by atomic mass is 35.5. The lowest BCUT2D eigenvalue weighted by atomic mass is 9.91. The normalized spacial score (nSPS) is 17.0. The minimum absolute atomic E-state index is 0.0488. The van der Waals surface area contributed by atoms with Crippen LogP contribution in [0.25, 0.3) is 11.3 Å². The maximum atomic E-state index is 13.0. The maximum absolute atomic E-state index is 13.0. The largest absolute Gasteiger partial charge is 0.413 e. The Labute approximate surface area is 212 Å². The lowest BCUT2D eigenvalue weighted by Gasteiger charge is -2.40. The number of aromatic amines is 1. The molecule has 4 rings (SSSR count). The van der Waals surface area contributed by atoms with Gasteiger partial charge in [0.1, 0.15) is 16.5 Å². The minimum Gasteiger partial charge on any atom is -0.308 e. The standard InChI is InChI=1S/C25H27ClF3N5O2/c1-2-34(23-22(31-32-24(23)26)17-6-4-10-30-12-17)21(36)7-3-5-16-13-33(14-16)15-18-8-9-19(11-20(18)35)25(27,28)29/h4,6,8-10,12,16H,2-3,5,7,11,13-15H2,1H3,(H,31,32). The monoisotopic (exact) mass is 521 g/mol. The molecule has 0 atom stereocenters. The molecule has 1 aliphatic heterocycles. The number of halogens is 4. The van der Waals surface area contributed by atoms with E-state index in [1.54, 1.807) is 23.4 Å². The van der Waals surface area contributed by atoms with E-state index in [1.807, 2.05) is 17.9 Å². The third kappa shape index (κ3) is 5.87. The number of aromatic nitrogens is 3. The summed E-state index contributed by atoms with van der Waals surface area (Å²) in [4.78, 5) is 32.9. The zero-order valence-corrected chi connectivity index (χ0v) is 20.6. The van der Waals surface area contributed by atoms with Gasteiger partial charge < -0.3 is 4.90 Å². The topological polar surface area (TPSA) is 82.2 Å². The Hall–Kier alpha value is -2.98. The molecule has 1 amide bonds. The number of allylic oxidation sites excluding steroid dienone is 3. The van der Waals surface area contributed by atoms with Crippen molar-refractivity contribution in [1.29, 1.82) is 0 Å². The van der Waals surface area contributed by atoms with Crippen LogP contribution >= 0.6 is 11.6 Å². The molecule has 192 valence electrons. The first-order valence-electron chi connectivity index (χ1n) is 11.8. The number of carbonyl (C=O) groups is 2. The molecule has 2 aromatic heterocycles. The van der Waals surface area contributed by atoms with Crippen LogP contribution < -0.4 is 4.90 Å². The number of H-pyrrole nitrogens is 1. The Morgan fingerprint density at radius 1 is 1.31 bits per heavy atom. The molecule has 0 saturated carbocycles. The van der Waals surface area contributed by atoms with E-state index in [2.05, 4.69) is 15.2 Å². The third-order valence-electron chi connectivity index (χ3n) is 6.51. The number of amides is 1. The average molecular weight is 522 g/mol. The Bertz CT molecular complexity index is 1170. The summed E-state index contributed by atoms with van der Waals surface area (Å²) >= 11 is 6.34. The summed E-state index contributed by atoms with van der Waals surface area (Å²) in [7, 11) is 0. The van der Waals surface area contributed by atoms with Gasteiger partial charge in [0.05, 0.1) is 0 Å². The van der Waals surface area contributed by atoms with Gasteiger partial charge in [-0.25, -0.2) is 0 Å². The fourth-order valence-corrected chi connectivity index (χ4v) is 4.84. The van der Waals surface area contributed by atoms with Crippen LogP contribution in [0.2, 0.25) is 5.15 Å². The van der Waals surface area contributed by atoms with E-state index < -0.39 is 24.0 Å². The first kappa shape index (κ1) is 26.1. The van der Waals surface area contributed by atoms with Gasteiger partial charge in [-0.1, -0.05) is 23.8 Å². The Morgan fingerprint density at radius 3 is 2.72 bits per heavy atom. The number of carbonyl (C=O) groups excluding carboxylic acids is 2. The van der Waals surface area contributed by atoms with Crippen molar-refractivity contribution in [2.45, 2.75) is 38.8 Å². The molecular weight excluding hydrogens is 495 g/mol. The first-order chi connectivity index (χ1) is 17.2. The van der Waals surface area contributed by atoms with Crippen molar-refractivity contribution in [2.75, 3.05) is 31.1 Å². The number of hydrogen-bond donors (Lipinski definition) is 1. The van der Waals surface area contributed by atoms with Crippen molar-refractivity contribution in [3.63, 3.8) is 0 Å². The van der Waals surface area contributed by atoms with Crippen molar-refractivity contribution in [3.8, 4) is 11.3 Å². The summed E-state index contributed by atoms with van der Waals surface area (Å²) in [5.41, 5.74) is 1.49. The quantitative estimate of drug-likeness (QED) is 0.504. The van der Waals surface area contributed by atoms with E-state index in [0.717, 1.165) is 31.1 Å². The van der Waals surface area contributed by atoms with Crippen LogP contribution in [-0.2, 0) is 9.59 Å². The molecule has 1 N–H and O–H groups in total. The second-order valence-electron chi connectivity index (χ2n) is 9.05. The van der Waals surface area contributed by atoms with Crippen molar-refractivity contribution in [2.24, 2.45) is 5.92 Å². The van der Waals surface area contributed by atoms with E-state index in [1.165, 1.54) is 6.08 Å². The van der Waals surface area contributed by atoms with Gasteiger partial charge in [0.25, 0.3) is 0 Å². The van der Waals surface area contributed by atoms with Crippen molar-refractivity contribution >= 4 is 29.0 Å². The number of hydrogen-bond acceptors (Lipinski definition) is 5. The fraction of sp³-hybridized carbons (Fsp3) is 0.440. The van der Waals surface area contributed by atoms with E-state index >= 15 is 0 Å². The molecule has 1 aliphatic carbocycles. The van der Waals surface area contributed by atoms with Gasteiger partial charge in [-0.05, 0) is 37.8 Å². The number of Topliss-reactive ketones (excluding diaryl/α,β-unsaturated/α-hetero) is 1. The summed E-state index contributed by atoms with van der Waals surface area (Å²) < 4.78 is 38.3. The van der Waals surface area contributed by atoms with Crippen LogP contribution in [0.4, 0.5) is 18.9 Å². The Kier molecular flexibility index (Phi) is 7.94. The van der Waals surface area contributed by atoms with Gasteiger partial charge in [-0.2, -0.15) is 18.3 Å². The maximum Gasteiger partial charge on any atom is 0.413 e. The molecule has 0 radical (unpaired) electrons. The minimum atomic E-state index is -4.46. The molecule has 3 heterocycles. The molecule has 0 spiro atoms. The first-order valence-corrected chi connectivity index (χ1v) is 12.2. The Morgan fingerprint density at radius 2 is 2.08 bits per heavy atom. The molecule has 11 heteroatoms. The summed E-state index contributed by atoms with van der Waals surface area (Å²) in [6.45, 7) is 4.19. The van der Waals surface area contributed by atoms with Crippen LogP contribution in [0.3, 0.4) is 0 Å². The van der Waals surface area contributed by atoms with Crippen LogP contribution in [0.5, 0.6) is 0 Å². The number of nitrogens with zero attached hydrogens (tertiary/aromatic N) is 4. The van der Waals surface area contributed by atoms with E-state index in [9.17, 15) is 22.8 Å². The van der Waals surface area contributed by atoms with Gasteiger partial charge in [0, 0.05) is 68.1 Å². The van der Waals surface area contributed by atoms with Crippen molar-refractivity contribution in [1.82, 2.24) is 20.1 Å². The second kappa shape index (κ2) is 11.0. The molecule has 0 unspecified atom stereocenters. The fourth-order valence-electron chi connectivity index (χ4n) is 4.61. The van der Waals surface area contributed by atoms with Gasteiger partial charge in [-0.3, -0.25) is 24.6 Å². The smallest absolute Gasteiger partial charge is 0.308 e. The highest BCUT2D eigenvalue weighted by molar-refractivity contribution is 6.33. The zero-order chi connectivity index (χ0) is 25.9. The van der Waals surface area contributed by atoms with Gasteiger partial charge in [0.15, 0.2) is 5.78 Å². The van der Waals surface area contributed by atoms with Crippen LogP contribution in [0.15, 0.2) is 47.8 Å². The highest BCUT2D eigenvalue weighted by Gasteiger charge is 2.37. The van der Waals surface area contributed by atoms with Gasteiger partial charge in [0.2, 0.25) is 5.91 Å². The van der Waals surface area contributed by atoms with E-state index in [4.69, 9.17) is 11.6 Å². The third-order valence-corrected chi connectivity index (χ3v) is 6.77. The lowest BCUT2D eigenvalue weighted by Crippen LogP contribution is -2.48. The second-order valence-corrected chi connectivity index (χ2v) is 9.43. The van der Waals surface area contributed by atoms with Crippen LogP contribution in [0.1, 0.15) is 32.6 Å². The molecule has 0 aromatic carbocycles. The van der Waals surface area contributed by atoms with E-state index in [-0.39, 0.29) is 5.91 Å². The summed E-state index contributed by atoms with van der Waals surface area (Å²) in [6.07, 6.45) is 2.47. The number of pyridine rings is 1. The average Bonchev–Trinajstić information content (AvgIpc) is 3.19. The molecule has 1 fully saturated rings. The predicted molar refractivity (Wildman–Crippen MR) is 130 cm³/mol. The molecular formula is C25H27ClF3N5O2. The summed E-state index contributed by atoms with van der Waals surface area (Å²) in [5, 5.41) is 7.31. The van der Waals surface area contributed by atoms with Crippen molar-refractivity contribution < 1.29 is 22.8 Å². The molecule has 0 bridgehead atoms. The molecule has 7 nitrogen and oxygen atoms in total. The molecule has 2 aliphatic rings. The molecule has 36 heavy (non-hydrogen) atoms. The predicted octanol–water partition coefficient (Wildman–Crippen LogP) is 4.97. The SMILES string of the molecule is CCN(C(=O)CCCC1CN(CC2=CC=C(C(F)(F)F)CC2=O)C1)c1c(-c2cccnc2)n[nH]c1Cl. The van der Waals surface area contributed by atoms with Crippen molar-refractivity contribution in [3.05, 3.63) is 53.0 Å². The summed E-state index contributed by atoms with van der Waals surface area (Å²) in [5.74, 6) is -0.133. The number of rotatable bonds is 9. The van der Waals surface area contributed by atoms with E-state index in [0.29, 0.717) is 54.0 Å². The number of ketones is 1. The van der Waals surface area contributed by atoms with Crippen LogP contribution in [-0.4, -0.2) is 64.1 Å². The van der Waals surface area contributed by atoms with Gasteiger partial charge in [-0.15, -0.1) is 0 Å². The zero-order valence-electron chi connectivity index (χ0n) is 19.8. The number of likely N-dealkylation sites (tertiary alicyclic amines) is 1. The van der Waals surface area contributed by atoms with Crippen LogP contribution in [0, 0.1) is 5.92 Å². The molecule has 1 saturated heterocycles. The number of alkyl halides is 3. The van der Waals surface area contributed by atoms with Gasteiger partial charge >= 0.3 is 6.18 Å². The molecule has 2 aromatic rings. The number of nitrogens with one attached hydrogen (secondary N) is 1. The summed E-state index contributed by atoms with van der Waals surface area (Å²) in [6, 6.07) is 3.64. The number of anilines is 1. The Balaban J connectivity index is 1.26.